The van der Waals surface area contributed by atoms with Gasteiger partial charge >= 0.3 is 0 Å². The molecule has 49 heavy (non-hydrogen) atoms. The van der Waals surface area contributed by atoms with Crippen LogP contribution in [0.2, 0.25) is 0 Å². The molecule has 1 aliphatic heterocycles. The minimum atomic E-state index is -0.771. The quantitative estimate of drug-likeness (QED) is 0.186. The summed E-state index contributed by atoms with van der Waals surface area (Å²) < 4.78 is 19.4. The van der Waals surface area contributed by atoms with Gasteiger partial charge in [0.15, 0.2) is 11.5 Å². The lowest BCUT2D eigenvalue weighted by molar-refractivity contribution is 0.0197. The van der Waals surface area contributed by atoms with Crippen molar-refractivity contribution in [3.05, 3.63) is 64.2 Å². The van der Waals surface area contributed by atoms with E-state index in [4.69, 9.17) is 14.2 Å². The molecule has 0 saturated heterocycles. The van der Waals surface area contributed by atoms with Gasteiger partial charge in [-0.25, -0.2) is 0 Å². The maximum Gasteiger partial charge on any atom is 0.161 e. The SMILES string of the molecule is CCCCC[C@@H]1Cc2cc(O)c(CC(C)C)cc2-c2c(OC)cc3c(c21)C[C@@H](O)[C@H](c1ccc(O)c(O[C@H]2CCCC4(CCCC4)C2)c1)O3. The van der Waals surface area contributed by atoms with Crippen molar-refractivity contribution in [3.8, 4) is 39.9 Å². The molecule has 3 N–H and O–H groups in total. The van der Waals surface area contributed by atoms with E-state index < -0.39 is 12.2 Å². The van der Waals surface area contributed by atoms with Gasteiger partial charge in [-0.2, -0.15) is 0 Å². The summed E-state index contributed by atoms with van der Waals surface area (Å²) in [5, 5.41) is 33.7. The van der Waals surface area contributed by atoms with Crippen LogP contribution in [0.4, 0.5) is 0 Å². The second-order valence-electron chi connectivity index (χ2n) is 16.1. The lowest BCUT2D eigenvalue weighted by Gasteiger charge is -2.38. The number of ether oxygens (including phenoxy) is 3. The van der Waals surface area contributed by atoms with Gasteiger partial charge in [0, 0.05) is 23.6 Å². The third kappa shape index (κ3) is 6.74. The number of fused-ring (bicyclic) bond motifs is 5. The highest BCUT2D eigenvalue weighted by atomic mass is 16.5. The predicted octanol–water partition coefficient (Wildman–Crippen LogP) is 10.1. The molecule has 2 fully saturated rings. The Balaban J connectivity index is 1.23. The number of phenolic OH excluding ortho intramolecular Hbond substituents is 2. The van der Waals surface area contributed by atoms with Crippen LogP contribution in [-0.4, -0.2) is 34.6 Å². The average molecular weight is 669 g/mol. The second-order valence-corrected chi connectivity index (χ2v) is 16.1. The van der Waals surface area contributed by atoms with E-state index in [0.29, 0.717) is 29.3 Å². The zero-order valence-corrected chi connectivity index (χ0v) is 30.0. The molecular weight excluding hydrogens is 612 g/mol. The van der Waals surface area contributed by atoms with Crippen molar-refractivity contribution in [1.82, 2.24) is 0 Å². The van der Waals surface area contributed by atoms with Crippen LogP contribution in [-0.2, 0) is 19.3 Å². The Morgan fingerprint density at radius 2 is 1.73 bits per heavy atom. The summed E-state index contributed by atoms with van der Waals surface area (Å²) in [5.74, 6) is 3.15. The molecule has 3 aromatic rings. The summed E-state index contributed by atoms with van der Waals surface area (Å²) in [7, 11) is 1.72. The number of phenols is 2. The number of unbranched alkanes of at least 4 members (excludes halogenated alkanes) is 2. The largest absolute Gasteiger partial charge is 0.508 e. The van der Waals surface area contributed by atoms with Gasteiger partial charge < -0.3 is 29.5 Å². The van der Waals surface area contributed by atoms with Crippen LogP contribution in [0.1, 0.15) is 138 Å². The van der Waals surface area contributed by atoms with E-state index in [-0.39, 0.29) is 17.8 Å². The predicted molar refractivity (Wildman–Crippen MR) is 194 cm³/mol. The van der Waals surface area contributed by atoms with Gasteiger partial charge in [0.25, 0.3) is 0 Å². The van der Waals surface area contributed by atoms with Crippen molar-refractivity contribution in [1.29, 1.82) is 0 Å². The van der Waals surface area contributed by atoms with Crippen LogP contribution in [0, 0.1) is 11.3 Å². The van der Waals surface area contributed by atoms with E-state index in [1.807, 2.05) is 24.3 Å². The average Bonchev–Trinajstić information content (AvgIpc) is 3.52. The Hall–Kier alpha value is -3.38. The molecule has 1 heterocycles. The van der Waals surface area contributed by atoms with Crippen molar-refractivity contribution in [2.24, 2.45) is 11.3 Å². The van der Waals surface area contributed by atoms with Gasteiger partial charge in [0.2, 0.25) is 0 Å². The highest BCUT2D eigenvalue weighted by Crippen LogP contribution is 2.54. The molecular formula is C43H56O6. The maximum atomic E-state index is 11.8. The molecule has 2 saturated carbocycles. The monoisotopic (exact) mass is 668 g/mol. The smallest absolute Gasteiger partial charge is 0.161 e. The van der Waals surface area contributed by atoms with Crippen LogP contribution in [0.5, 0.6) is 28.7 Å². The van der Waals surface area contributed by atoms with Crippen molar-refractivity contribution in [2.75, 3.05) is 7.11 Å². The number of aliphatic hydroxyl groups is 1. The van der Waals surface area contributed by atoms with Crippen molar-refractivity contribution in [3.63, 3.8) is 0 Å². The number of rotatable bonds is 10. The Bertz CT molecular complexity index is 1650. The number of benzene rings is 3. The lowest BCUT2D eigenvalue weighted by atomic mass is 9.72. The van der Waals surface area contributed by atoms with Crippen LogP contribution in [0.3, 0.4) is 0 Å². The molecule has 264 valence electrons. The Kier molecular flexibility index (Phi) is 9.80. The first kappa shape index (κ1) is 34.1. The fourth-order valence-electron chi connectivity index (χ4n) is 9.71. The van der Waals surface area contributed by atoms with E-state index in [2.05, 4.69) is 26.8 Å². The molecule has 1 spiro atoms. The van der Waals surface area contributed by atoms with Gasteiger partial charge in [0.1, 0.15) is 23.4 Å². The normalized spacial score (nSPS) is 23.9. The summed E-state index contributed by atoms with van der Waals surface area (Å²) in [4.78, 5) is 0. The van der Waals surface area contributed by atoms with Gasteiger partial charge in [-0.1, -0.05) is 58.9 Å². The number of methoxy groups -OCH3 is 1. The summed E-state index contributed by atoms with van der Waals surface area (Å²) in [6, 6.07) is 11.6. The minimum Gasteiger partial charge on any atom is -0.508 e. The Morgan fingerprint density at radius 1 is 0.939 bits per heavy atom. The molecule has 6 heteroatoms. The molecule has 4 aliphatic rings. The van der Waals surface area contributed by atoms with E-state index in [1.165, 1.54) is 44.1 Å². The van der Waals surface area contributed by atoms with Crippen LogP contribution in [0.15, 0.2) is 36.4 Å². The van der Waals surface area contributed by atoms with E-state index >= 15 is 0 Å². The molecule has 3 aliphatic carbocycles. The topological polar surface area (TPSA) is 88.4 Å². The zero-order valence-electron chi connectivity index (χ0n) is 30.0. The first-order valence-corrected chi connectivity index (χ1v) is 19.1. The lowest BCUT2D eigenvalue weighted by Crippen LogP contribution is -2.33. The number of hydrogen-bond donors (Lipinski definition) is 3. The number of aliphatic hydroxyl groups excluding tert-OH is 1. The second kappa shape index (κ2) is 14.1. The van der Waals surface area contributed by atoms with Crippen LogP contribution >= 0.6 is 0 Å². The van der Waals surface area contributed by atoms with E-state index in [9.17, 15) is 15.3 Å². The standard InChI is InChI=1S/C43H56O6/c1-5-6-7-11-27-19-29-21-35(45)30(18-26(2)3)20-32(29)41-39(47-4)24-37-33(40(27)41)23-36(46)42(49-37)28-13-14-34(44)38(22-28)48-31-12-10-17-43(25-31)15-8-9-16-43/h13-14,20-22,24,26-27,31,36,42,44-46H,5-12,15-19,23,25H2,1-4H3/t27-,31+,36-,42+/m1/s1. The molecule has 6 nitrogen and oxygen atoms in total. The van der Waals surface area contributed by atoms with Crippen LogP contribution < -0.4 is 14.2 Å². The molecule has 3 aromatic carbocycles. The van der Waals surface area contributed by atoms with Crippen molar-refractivity contribution >= 4 is 0 Å². The Labute approximate surface area is 292 Å². The third-order valence-electron chi connectivity index (χ3n) is 12.0. The fourth-order valence-corrected chi connectivity index (χ4v) is 9.71. The summed E-state index contributed by atoms with van der Waals surface area (Å²) in [5.41, 5.74) is 7.80. The molecule has 0 aromatic heterocycles. The number of aromatic hydroxyl groups is 2. The fraction of sp³-hybridized carbons (Fsp3) is 0.581. The summed E-state index contributed by atoms with van der Waals surface area (Å²) >= 11 is 0. The van der Waals surface area contributed by atoms with Gasteiger partial charge in [-0.15, -0.1) is 0 Å². The zero-order chi connectivity index (χ0) is 34.3. The first-order chi connectivity index (χ1) is 23.7. The molecule has 0 amide bonds. The first-order valence-electron chi connectivity index (χ1n) is 19.1. The van der Waals surface area contributed by atoms with E-state index in [1.54, 1.807) is 13.2 Å². The van der Waals surface area contributed by atoms with Crippen molar-refractivity contribution in [2.45, 2.75) is 141 Å². The highest BCUT2D eigenvalue weighted by Gasteiger charge is 2.41. The molecule has 4 atom stereocenters. The summed E-state index contributed by atoms with van der Waals surface area (Å²) in [6.07, 6.45) is 15.0. The molecule has 0 bridgehead atoms. The van der Waals surface area contributed by atoms with E-state index in [0.717, 1.165) is 96.2 Å². The third-order valence-corrected chi connectivity index (χ3v) is 12.0. The molecule has 7 rings (SSSR count). The van der Waals surface area contributed by atoms with Crippen molar-refractivity contribution < 1.29 is 29.5 Å². The number of hydrogen-bond acceptors (Lipinski definition) is 6. The highest BCUT2D eigenvalue weighted by molar-refractivity contribution is 5.83. The molecule has 0 radical (unpaired) electrons. The Morgan fingerprint density at radius 3 is 2.49 bits per heavy atom. The van der Waals surface area contributed by atoms with Gasteiger partial charge in [-0.3, -0.25) is 0 Å². The molecule has 0 unspecified atom stereocenters. The van der Waals surface area contributed by atoms with Gasteiger partial charge in [-0.05, 0) is 127 Å². The van der Waals surface area contributed by atoms with Gasteiger partial charge in [0.05, 0.1) is 19.3 Å². The summed E-state index contributed by atoms with van der Waals surface area (Å²) in [6.45, 7) is 6.58. The maximum absolute atomic E-state index is 11.8. The van der Waals surface area contributed by atoms with Crippen LogP contribution in [0.25, 0.3) is 11.1 Å². The minimum absolute atomic E-state index is 0.0946.